The Bertz CT molecular complexity index is 809. The van der Waals surface area contributed by atoms with E-state index in [1.54, 1.807) is 0 Å². The molecule has 0 atom stereocenters. The summed E-state index contributed by atoms with van der Waals surface area (Å²) in [5, 5.41) is 0. The molecular weight excluding hydrogens is 299 g/mol. The number of nitrogens with zero attached hydrogens (tertiary/aromatic N) is 2. The molecule has 0 N–H and O–H groups in total. The number of hydrogen-bond acceptors (Lipinski definition) is 1. The molecule has 0 aliphatic heterocycles. The van der Waals surface area contributed by atoms with Crippen molar-refractivity contribution in [1.82, 2.24) is 9.55 Å². The van der Waals surface area contributed by atoms with Gasteiger partial charge in [0.25, 0.3) is 0 Å². The molecule has 3 rings (SSSR count). The number of aryl methyl sites for hydroxylation is 3. The lowest BCUT2D eigenvalue weighted by molar-refractivity contribution is 1.03. The Labute approximate surface area is 140 Å². The van der Waals surface area contributed by atoms with E-state index in [0.29, 0.717) is 0 Å². The van der Waals surface area contributed by atoms with Crippen LogP contribution in [0.5, 0.6) is 0 Å². The van der Waals surface area contributed by atoms with E-state index >= 15 is 0 Å². The van der Waals surface area contributed by atoms with E-state index in [0.717, 1.165) is 11.4 Å². The highest BCUT2D eigenvalue weighted by atomic mass is 31.1. The number of hydrogen-bond donors (Lipinski definition) is 0. The smallest absolute Gasteiger partial charge is 0.145 e. The van der Waals surface area contributed by atoms with Crippen LogP contribution < -0.4 is 5.44 Å². The molecule has 2 nitrogen and oxygen atoms in total. The third kappa shape index (κ3) is 3.09. The molecule has 2 aromatic carbocycles. The minimum atomic E-state index is -0.229. The average molecular weight is 322 g/mol. The van der Waals surface area contributed by atoms with Gasteiger partial charge in [0, 0.05) is 11.8 Å². The summed E-state index contributed by atoms with van der Waals surface area (Å²) in [5.74, 6) is 1.03. The van der Waals surface area contributed by atoms with Crippen molar-refractivity contribution in [2.45, 2.75) is 20.8 Å². The van der Waals surface area contributed by atoms with E-state index in [4.69, 9.17) is 4.98 Å². The minimum absolute atomic E-state index is 0.229. The van der Waals surface area contributed by atoms with Crippen molar-refractivity contribution in [1.29, 1.82) is 0 Å². The predicted octanol–water partition coefficient (Wildman–Crippen LogP) is 4.83. The molecule has 1 aromatic heterocycles. The summed E-state index contributed by atoms with van der Waals surface area (Å²) >= 11 is 0. The van der Waals surface area contributed by atoms with E-state index < -0.39 is 0 Å². The summed E-state index contributed by atoms with van der Waals surface area (Å²) in [4.78, 5) is 4.95. The largest absolute Gasteiger partial charge is 0.299 e. The maximum Gasteiger partial charge on any atom is 0.145 e. The Morgan fingerprint density at radius 3 is 2.09 bits per heavy atom. The van der Waals surface area contributed by atoms with Gasteiger partial charge in [-0.3, -0.25) is 4.57 Å². The van der Waals surface area contributed by atoms with E-state index in [9.17, 15) is 0 Å². The van der Waals surface area contributed by atoms with Gasteiger partial charge in [0.1, 0.15) is 5.82 Å². The average Bonchev–Trinajstić information content (AvgIpc) is 2.92. The standard InChI is InChI=1S/C20H23N2P/c1-14-11-15(2)19(16(3)12-14)22-13-18(23(4)5)21-20(22)17-9-7-6-8-10-17/h6-13H,1-5H3. The Morgan fingerprint density at radius 2 is 1.52 bits per heavy atom. The molecule has 0 saturated heterocycles. The molecule has 3 heteroatoms. The molecule has 0 aliphatic rings. The van der Waals surface area contributed by atoms with Gasteiger partial charge in [-0.2, -0.15) is 0 Å². The molecule has 0 amide bonds. The van der Waals surface area contributed by atoms with Crippen LogP contribution in [0.4, 0.5) is 0 Å². The van der Waals surface area contributed by atoms with Gasteiger partial charge in [-0.15, -0.1) is 0 Å². The Kier molecular flexibility index (Phi) is 4.37. The number of imidazole rings is 1. The normalized spacial score (nSPS) is 11.2. The minimum Gasteiger partial charge on any atom is -0.299 e. The monoisotopic (exact) mass is 322 g/mol. The van der Waals surface area contributed by atoms with Crippen molar-refractivity contribution in [2.75, 3.05) is 13.3 Å². The van der Waals surface area contributed by atoms with E-state index in [2.05, 4.69) is 81.3 Å². The fourth-order valence-electron chi connectivity index (χ4n) is 3.10. The van der Waals surface area contributed by atoms with Crippen molar-refractivity contribution in [3.8, 4) is 17.1 Å². The fourth-order valence-corrected chi connectivity index (χ4v) is 3.74. The molecule has 23 heavy (non-hydrogen) atoms. The van der Waals surface area contributed by atoms with E-state index in [1.807, 2.05) is 6.07 Å². The van der Waals surface area contributed by atoms with Gasteiger partial charge in [0.05, 0.1) is 11.1 Å². The second-order valence-corrected chi connectivity index (χ2v) is 8.55. The van der Waals surface area contributed by atoms with E-state index in [1.165, 1.54) is 27.8 Å². The predicted molar refractivity (Wildman–Crippen MR) is 102 cm³/mol. The summed E-state index contributed by atoms with van der Waals surface area (Å²) in [5.41, 5.74) is 7.50. The molecule has 0 unspecified atom stereocenters. The van der Waals surface area contributed by atoms with Gasteiger partial charge in [-0.1, -0.05) is 55.9 Å². The molecule has 0 aliphatic carbocycles. The van der Waals surface area contributed by atoms with E-state index in [-0.39, 0.29) is 7.92 Å². The highest BCUT2D eigenvalue weighted by molar-refractivity contribution is 7.63. The zero-order valence-corrected chi connectivity index (χ0v) is 15.4. The summed E-state index contributed by atoms with van der Waals surface area (Å²) < 4.78 is 2.27. The molecule has 118 valence electrons. The fraction of sp³-hybridized carbons (Fsp3) is 0.250. The van der Waals surface area contributed by atoms with Crippen LogP contribution in [0.3, 0.4) is 0 Å². The molecular formula is C20H23N2P. The quantitative estimate of drug-likeness (QED) is 0.631. The lowest BCUT2D eigenvalue weighted by atomic mass is 10.0. The molecule has 1 heterocycles. The summed E-state index contributed by atoms with van der Waals surface area (Å²) in [6, 6.07) is 15.0. The van der Waals surface area contributed by atoms with Crippen molar-refractivity contribution in [2.24, 2.45) is 0 Å². The number of aromatic nitrogens is 2. The summed E-state index contributed by atoms with van der Waals surface area (Å²) in [6.07, 6.45) is 2.22. The first kappa shape index (κ1) is 16.0. The van der Waals surface area contributed by atoms with Crippen LogP contribution in [-0.4, -0.2) is 22.9 Å². The highest BCUT2D eigenvalue weighted by Gasteiger charge is 2.16. The lowest BCUT2D eigenvalue weighted by Crippen LogP contribution is -2.02. The SMILES string of the molecule is Cc1cc(C)c(-n2cc(P(C)C)nc2-c2ccccc2)c(C)c1. The first-order chi connectivity index (χ1) is 11.0. The van der Waals surface area contributed by atoms with Crippen LogP contribution in [0.25, 0.3) is 17.1 Å². The maximum atomic E-state index is 4.95. The third-order valence-corrected chi connectivity index (χ3v) is 5.19. The van der Waals surface area contributed by atoms with Gasteiger partial charge < -0.3 is 0 Å². The van der Waals surface area contributed by atoms with Crippen LogP contribution >= 0.6 is 7.92 Å². The maximum absolute atomic E-state index is 4.95. The Balaban J connectivity index is 2.27. The van der Waals surface area contributed by atoms with Gasteiger partial charge in [0.15, 0.2) is 0 Å². The van der Waals surface area contributed by atoms with Crippen LogP contribution in [-0.2, 0) is 0 Å². The van der Waals surface area contributed by atoms with Crippen molar-refractivity contribution in [3.63, 3.8) is 0 Å². The topological polar surface area (TPSA) is 17.8 Å². The molecule has 0 saturated carbocycles. The van der Waals surface area contributed by atoms with Gasteiger partial charge >= 0.3 is 0 Å². The van der Waals surface area contributed by atoms with Gasteiger partial charge in [-0.05, 0) is 45.2 Å². The van der Waals surface area contributed by atoms with Crippen LogP contribution in [0.1, 0.15) is 16.7 Å². The van der Waals surface area contributed by atoms with Crippen molar-refractivity contribution < 1.29 is 0 Å². The van der Waals surface area contributed by atoms with Crippen LogP contribution in [0, 0.1) is 20.8 Å². The third-order valence-electron chi connectivity index (χ3n) is 4.06. The molecule has 0 spiro atoms. The second kappa shape index (κ2) is 6.29. The van der Waals surface area contributed by atoms with Crippen molar-refractivity contribution in [3.05, 3.63) is 65.4 Å². The zero-order valence-electron chi connectivity index (χ0n) is 14.5. The highest BCUT2D eigenvalue weighted by Crippen LogP contribution is 2.30. The zero-order chi connectivity index (χ0) is 16.6. The number of rotatable bonds is 3. The van der Waals surface area contributed by atoms with Gasteiger partial charge in [-0.25, -0.2) is 4.98 Å². The molecule has 0 bridgehead atoms. The second-order valence-electron chi connectivity index (χ2n) is 6.30. The van der Waals surface area contributed by atoms with Crippen LogP contribution in [0.2, 0.25) is 0 Å². The first-order valence-electron chi connectivity index (χ1n) is 7.87. The first-order valence-corrected chi connectivity index (χ1v) is 10.1. The van der Waals surface area contributed by atoms with Crippen LogP contribution in [0.15, 0.2) is 48.7 Å². The molecule has 0 fully saturated rings. The summed E-state index contributed by atoms with van der Waals surface area (Å²) in [6.45, 7) is 11.0. The Hall–Kier alpha value is -1.92. The van der Waals surface area contributed by atoms with Gasteiger partial charge in [0.2, 0.25) is 0 Å². The lowest BCUT2D eigenvalue weighted by Gasteiger charge is -2.15. The Morgan fingerprint density at radius 1 is 0.913 bits per heavy atom. The molecule has 3 aromatic rings. The van der Waals surface area contributed by atoms with Crippen molar-refractivity contribution >= 4 is 13.4 Å². The molecule has 0 radical (unpaired) electrons. The number of benzene rings is 2. The summed E-state index contributed by atoms with van der Waals surface area (Å²) in [7, 11) is -0.229.